The second kappa shape index (κ2) is 6.29. The number of pyridine rings is 1. The van der Waals surface area contributed by atoms with Gasteiger partial charge in [0, 0.05) is 22.8 Å². The van der Waals surface area contributed by atoms with Crippen molar-refractivity contribution in [3.8, 4) is 10.4 Å². The van der Waals surface area contributed by atoms with E-state index in [1.54, 1.807) is 35.9 Å². The van der Waals surface area contributed by atoms with Crippen LogP contribution < -0.4 is 0 Å². The summed E-state index contributed by atoms with van der Waals surface area (Å²) < 4.78 is 0. The molecule has 0 atom stereocenters. The second-order valence-corrected chi connectivity index (χ2v) is 5.49. The third kappa shape index (κ3) is 3.33. The highest BCUT2D eigenvalue weighted by Gasteiger charge is 2.03. The summed E-state index contributed by atoms with van der Waals surface area (Å²) in [6.07, 6.45) is 6.80. The van der Waals surface area contributed by atoms with E-state index in [1.165, 1.54) is 4.88 Å². The SMILES string of the molecule is O=C(/C=C/c1cccnc1)c1ccc(-c2cccs2)cc1. The topological polar surface area (TPSA) is 30.0 Å². The molecule has 0 amide bonds. The molecular weight excluding hydrogens is 278 g/mol. The first-order chi connectivity index (χ1) is 10.3. The Morgan fingerprint density at radius 3 is 2.57 bits per heavy atom. The van der Waals surface area contributed by atoms with Crippen molar-refractivity contribution < 1.29 is 4.79 Å². The Hall–Kier alpha value is -2.52. The smallest absolute Gasteiger partial charge is 0.185 e. The minimum Gasteiger partial charge on any atom is -0.289 e. The third-order valence-electron chi connectivity index (χ3n) is 3.09. The van der Waals surface area contributed by atoms with Crippen molar-refractivity contribution >= 4 is 23.2 Å². The van der Waals surface area contributed by atoms with Gasteiger partial charge in [-0.15, -0.1) is 11.3 Å². The maximum Gasteiger partial charge on any atom is 0.185 e. The van der Waals surface area contributed by atoms with E-state index >= 15 is 0 Å². The van der Waals surface area contributed by atoms with Gasteiger partial charge in [-0.1, -0.05) is 36.4 Å². The van der Waals surface area contributed by atoms with Crippen LogP contribution in [0.25, 0.3) is 16.5 Å². The zero-order valence-electron chi connectivity index (χ0n) is 11.3. The van der Waals surface area contributed by atoms with Crippen molar-refractivity contribution in [3.05, 3.63) is 83.5 Å². The Labute approximate surface area is 127 Å². The van der Waals surface area contributed by atoms with Crippen LogP contribution >= 0.6 is 11.3 Å². The molecule has 3 rings (SSSR count). The molecule has 0 aliphatic carbocycles. The predicted molar refractivity (Wildman–Crippen MR) is 87.4 cm³/mol. The lowest BCUT2D eigenvalue weighted by molar-refractivity contribution is 0.104. The lowest BCUT2D eigenvalue weighted by Crippen LogP contribution is -1.93. The van der Waals surface area contributed by atoms with Crippen LogP contribution in [0.1, 0.15) is 15.9 Å². The summed E-state index contributed by atoms with van der Waals surface area (Å²) in [5.41, 5.74) is 2.74. The van der Waals surface area contributed by atoms with Crippen LogP contribution in [0.4, 0.5) is 0 Å². The van der Waals surface area contributed by atoms with Crippen LogP contribution in [-0.4, -0.2) is 10.8 Å². The number of carbonyl (C=O) groups excluding carboxylic acids is 1. The van der Waals surface area contributed by atoms with Crippen molar-refractivity contribution in [3.63, 3.8) is 0 Å². The van der Waals surface area contributed by atoms with Gasteiger partial charge >= 0.3 is 0 Å². The minimum atomic E-state index is -0.00316. The average Bonchev–Trinajstić information content (AvgIpc) is 3.08. The summed E-state index contributed by atoms with van der Waals surface area (Å²) in [6, 6.07) is 15.6. The van der Waals surface area contributed by atoms with Crippen LogP contribution in [0.15, 0.2) is 72.4 Å². The average molecular weight is 291 g/mol. The zero-order valence-corrected chi connectivity index (χ0v) is 12.1. The first kappa shape index (κ1) is 13.5. The molecule has 0 aliphatic heterocycles. The van der Waals surface area contributed by atoms with E-state index < -0.39 is 0 Å². The fraction of sp³-hybridized carbons (Fsp3) is 0. The monoisotopic (exact) mass is 291 g/mol. The molecule has 0 N–H and O–H groups in total. The van der Waals surface area contributed by atoms with E-state index in [0.717, 1.165) is 11.1 Å². The molecule has 0 saturated carbocycles. The molecule has 2 heterocycles. The molecule has 0 spiro atoms. The van der Waals surface area contributed by atoms with Crippen molar-refractivity contribution in [1.29, 1.82) is 0 Å². The highest BCUT2D eigenvalue weighted by Crippen LogP contribution is 2.24. The third-order valence-corrected chi connectivity index (χ3v) is 4.01. The molecule has 3 aromatic rings. The Morgan fingerprint density at radius 1 is 1.05 bits per heavy atom. The summed E-state index contributed by atoms with van der Waals surface area (Å²) >= 11 is 1.69. The molecule has 0 aliphatic rings. The number of carbonyl (C=O) groups is 1. The molecular formula is C18H13NOS. The maximum atomic E-state index is 12.1. The number of ketones is 1. The molecule has 0 fully saturated rings. The lowest BCUT2D eigenvalue weighted by Gasteiger charge is -1.99. The number of benzene rings is 1. The van der Waals surface area contributed by atoms with Gasteiger partial charge in [0.2, 0.25) is 0 Å². The highest BCUT2D eigenvalue weighted by molar-refractivity contribution is 7.13. The number of aromatic nitrogens is 1. The molecule has 0 unspecified atom stereocenters. The van der Waals surface area contributed by atoms with Gasteiger partial charge in [0.15, 0.2) is 5.78 Å². The first-order valence-electron chi connectivity index (χ1n) is 6.59. The van der Waals surface area contributed by atoms with E-state index in [9.17, 15) is 4.79 Å². The van der Waals surface area contributed by atoms with Gasteiger partial charge in [0.05, 0.1) is 0 Å². The van der Waals surface area contributed by atoms with E-state index in [1.807, 2.05) is 47.8 Å². The van der Waals surface area contributed by atoms with E-state index in [0.29, 0.717) is 5.56 Å². The number of rotatable bonds is 4. The van der Waals surface area contributed by atoms with Gasteiger partial charge in [-0.3, -0.25) is 9.78 Å². The molecule has 2 aromatic heterocycles. The molecule has 0 bridgehead atoms. The standard InChI is InChI=1S/C18H13NOS/c20-17(10-5-14-3-1-11-19-13-14)15-6-8-16(9-7-15)18-4-2-12-21-18/h1-13H/b10-5+. The summed E-state index contributed by atoms with van der Waals surface area (Å²) in [5, 5.41) is 2.05. The fourth-order valence-electron chi connectivity index (χ4n) is 1.98. The number of hydrogen-bond acceptors (Lipinski definition) is 3. The van der Waals surface area contributed by atoms with E-state index in [2.05, 4.69) is 11.1 Å². The van der Waals surface area contributed by atoms with E-state index in [4.69, 9.17) is 0 Å². The summed E-state index contributed by atoms with van der Waals surface area (Å²) in [5.74, 6) is -0.00316. The molecule has 2 nitrogen and oxygen atoms in total. The second-order valence-electron chi connectivity index (χ2n) is 4.54. The summed E-state index contributed by atoms with van der Waals surface area (Å²) in [6.45, 7) is 0. The fourth-order valence-corrected chi connectivity index (χ4v) is 2.72. The first-order valence-corrected chi connectivity index (χ1v) is 7.47. The van der Waals surface area contributed by atoms with Crippen molar-refractivity contribution in [2.45, 2.75) is 0 Å². The van der Waals surface area contributed by atoms with Crippen LogP contribution in [0.5, 0.6) is 0 Å². The van der Waals surface area contributed by atoms with Gasteiger partial charge < -0.3 is 0 Å². The van der Waals surface area contributed by atoms with Gasteiger partial charge in [-0.25, -0.2) is 0 Å². The molecule has 1 aromatic carbocycles. The van der Waals surface area contributed by atoms with Gasteiger partial charge in [0.25, 0.3) is 0 Å². The van der Waals surface area contributed by atoms with Crippen molar-refractivity contribution in [1.82, 2.24) is 4.98 Å². The number of thiophene rings is 1. The molecule has 102 valence electrons. The van der Waals surface area contributed by atoms with Crippen LogP contribution in [-0.2, 0) is 0 Å². The van der Waals surface area contributed by atoms with Crippen molar-refractivity contribution in [2.24, 2.45) is 0 Å². The summed E-state index contributed by atoms with van der Waals surface area (Å²) in [4.78, 5) is 17.3. The Bertz CT molecular complexity index is 744. The highest BCUT2D eigenvalue weighted by atomic mass is 32.1. The van der Waals surface area contributed by atoms with Gasteiger partial charge in [0.1, 0.15) is 0 Å². The Balaban J connectivity index is 1.75. The normalized spacial score (nSPS) is 10.9. The van der Waals surface area contributed by atoms with Crippen LogP contribution in [0.2, 0.25) is 0 Å². The predicted octanol–water partition coefficient (Wildman–Crippen LogP) is 4.71. The zero-order chi connectivity index (χ0) is 14.5. The van der Waals surface area contributed by atoms with Gasteiger partial charge in [-0.2, -0.15) is 0 Å². The molecule has 3 heteroatoms. The Kier molecular flexibility index (Phi) is 4.03. The van der Waals surface area contributed by atoms with Crippen molar-refractivity contribution in [2.75, 3.05) is 0 Å². The van der Waals surface area contributed by atoms with Crippen LogP contribution in [0.3, 0.4) is 0 Å². The minimum absolute atomic E-state index is 0.00316. The van der Waals surface area contributed by atoms with Gasteiger partial charge in [-0.05, 0) is 40.8 Å². The summed E-state index contributed by atoms with van der Waals surface area (Å²) in [7, 11) is 0. The lowest BCUT2D eigenvalue weighted by atomic mass is 10.1. The molecule has 0 saturated heterocycles. The largest absolute Gasteiger partial charge is 0.289 e. The van der Waals surface area contributed by atoms with E-state index in [-0.39, 0.29) is 5.78 Å². The molecule has 0 radical (unpaired) electrons. The number of nitrogens with zero attached hydrogens (tertiary/aromatic N) is 1. The Morgan fingerprint density at radius 2 is 1.90 bits per heavy atom. The maximum absolute atomic E-state index is 12.1. The van der Waals surface area contributed by atoms with Crippen LogP contribution in [0, 0.1) is 0 Å². The number of allylic oxidation sites excluding steroid dienone is 1. The quantitative estimate of drug-likeness (QED) is 0.515. The molecule has 21 heavy (non-hydrogen) atoms. The number of hydrogen-bond donors (Lipinski definition) is 0.